The molecule has 3 aromatic heterocycles. The van der Waals surface area contributed by atoms with Crippen LogP contribution in [-0.4, -0.2) is 50.4 Å². The molecule has 0 atom stereocenters. The lowest BCUT2D eigenvalue weighted by Gasteiger charge is -2.33. The van der Waals surface area contributed by atoms with Crippen LogP contribution in [0.3, 0.4) is 0 Å². The molecule has 0 spiro atoms. The predicted molar refractivity (Wildman–Crippen MR) is 118 cm³/mol. The van der Waals surface area contributed by atoms with Gasteiger partial charge in [0.25, 0.3) is 0 Å². The molecule has 5 heterocycles. The third-order valence-corrected chi connectivity index (χ3v) is 6.14. The lowest BCUT2D eigenvalue weighted by Crippen LogP contribution is -2.45. The highest BCUT2D eigenvalue weighted by molar-refractivity contribution is 6.31. The summed E-state index contributed by atoms with van der Waals surface area (Å²) in [6.45, 7) is 2.56. The van der Waals surface area contributed by atoms with Gasteiger partial charge in [-0.25, -0.2) is 15.0 Å². The molecule has 0 aliphatic carbocycles. The van der Waals surface area contributed by atoms with E-state index in [9.17, 15) is 9.59 Å². The topological polar surface area (TPSA) is 95.1 Å². The van der Waals surface area contributed by atoms with Crippen LogP contribution in [0.25, 0.3) is 16.7 Å². The van der Waals surface area contributed by atoms with Crippen molar-refractivity contribution in [1.82, 2.24) is 24.1 Å². The summed E-state index contributed by atoms with van der Waals surface area (Å²) in [7, 11) is 1.56. The van der Waals surface area contributed by atoms with Gasteiger partial charge in [0.05, 0.1) is 23.8 Å². The van der Waals surface area contributed by atoms with Crippen molar-refractivity contribution in [3.8, 4) is 0 Å². The molecule has 0 saturated carbocycles. The van der Waals surface area contributed by atoms with Crippen LogP contribution in [0.4, 0.5) is 5.95 Å². The molecule has 0 unspecified atom stereocenters. The summed E-state index contributed by atoms with van der Waals surface area (Å²) in [6.07, 6.45) is 8.53. The summed E-state index contributed by atoms with van der Waals surface area (Å²) in [4.78, 5) is 40.8. The Hall–Kier alpha value is -3.04. The Labute approximate surface area is 182 Å². The largest absolute Gasteiger partial charge is 0.373 e. The highest BCUT2D eigenvalue weighted by Gasteiger charge is 2.26. The van der Waals surface area contributed by atoms with E-state index in [2.05, 4.69) is 19.9 Å². The standard InChI is InChI=1S/C21H21ClN6O3/c1-26-17-8-15(22)11-23-18(17)28(20(30)19(26)29)16-2-5-27(6-3-16)21-24-9-14(10-25-21)13-4-7-31-12-13/h4,8-11,16H,2-3,5-7,12H2,1H3. The average molecular weight is 441 g/mol. The van der Waals surface area contributed by atoms with Crippen LogP contribution in [0.5, 0.6) is 0 Å². The molecule has 2 aliphatic heterocycles. The van der Waals surface area contributed by atoms with Gasteiger partial charge in [0.1, 0.15) is 0 Å². The summed E-state index contributed by atoms with van der Waals surface area (Å²) in [5.74, 6) is 0.660. The molecule has 0 aromatic carbocycles. The molecular formula is C21H21ClN6O3. The zero-order chi connectivity index (χ0) is 21.5. The second-order valence-corrected chi connectivity index (χ2v) is 8.21. The van der Waals surface area contributed by atoms with Crippen molar-refractivity contribution < 1.29 is 4.74 Å². The number of aryl methyl sites for hydroxylation is 1. The van der Waals surface area contributed by atoms with E-state index in [0.29, 0.717) is 61.3 Å². The van der Waals surface area contributed by atoms with Crippen molar-refractivity contribution >= 4 is 34.3 Å². The molecule has 160 valence electrons. The molecule has 2 aliphatic rings. The second kappa shape index (κ2) is 7.90. The Kier molecular flexibility index (Phi) is 5.07. The number of piperidine rings is 1. The number of hydrogen-bond donors (Lipinski definition) is 0. The number of rotatable bonds is 3. The van der Waals surface area contributed by atoms with Crippen LogP contribution in [0, 0.1) is 0 Å². The van der Waals surface area contributed by atoms with Crippen LogP contribution in [0.1, 0.15) is 24.4 Å². The zero-order valence-corrected chi connectivity index (χ0v) is 17.7. The smallest absolute Gasteiger partial charge is 0.318 e. The van der Waals surface area contributed by atoms with E-state index in [4.69, 9.17) is 16.3 Å². The SMILES string of the molecule is Cn1c(=O)c(=O)n(C2CCN(c3ncc(C4=CCOC4)cn3)CC2)c2ncc(Cl)cc21. The molecule has 1 fully saturated rings. The molecule has 10 heteroatoms. The number of fused-ring (bicyclic) bond motifs is 1. The Morgan fingerprint density at radius 2 is 1.81 bits per heavy atom. The Morgan fingerprint density at radius 3 is 2.48 bits per heavy atom. The van der Waals surface area contributed by atoms with Crippen molar-refractivity contribution in [3.63, 3.8) is 0 Å². The van der Waals surface area contributed by atoms with Crippen LogP contribution < -0.4 is 16.0 Å². The first-order valence-corrected chi connectivity index (χ1v) is 10.5. The number of ether oxygens (including phenoxy) is 1. The van der Waals surface area contributed by atoms with Gasteiger partial charge in [-0.2, -0.15) is 0 Å². The van der Waals surface area contributed by atoms with Crippen molar-refractivity contribution in [2.75, 3.05) is 31.2 Å². The van der Waals surface area contributed by atoms with Gasteiger partial charge in [-0.3, -0.25) is 14.2 Å². The van der Waals surface area contributed by atoms with Crippen LogP contribution in [0.2, 0.25) is 5.02 Å². The van der Waals surface area contributed by atoms with Gasteiger partial charge in [-0.1, -0.05) is 17.7 Å². The number of hydrogen-bond acceptors (Lipinski definition) is 7. The first-order valence-electron chi connectivity index (χ1n) is 10.1. The quantitative estimate of drug-likeness (QED) is 0.573. The van der Waals surface area contributed by atoms with E-state index >= 15 is 0 Å². The number of halogens is 1. The highest BCUT2D eigenvalue weighted by Crippen LogP contribution is 2.27. The monoisotopic (exact) mass is 440 g/mol. The molecule has 3 aromatic rings. The van der Waals surface area contributed by atoms with E-state index < -0.39 is 11.1 Å². The molecule has 31 heavy (non-hydrogen) atoms. The van der Waals surface area contributed by atoms with Crippen molar-refractivity contribution in [3.05, 3.63) is 62.0 Å². The molecule has 0 amide bonds. The van der Waals surface area contributed by atoms with Crippen molar-refractivity contribution in [1.29, 1.82) is 0 Å². The highest BCUT2D eigenvalue weighted by atomic mass is 35.5. The van der Waals surface area contributed by atoms with Gasteiger partial charge >= 0.3 is 11.1 Å². The van der Waals surface area contributed by atoms with Crippen LogP contribution in [0.15, 0.2) is 40.3 Å². The van der Waals surface area contributed by atoms with Gasteiger partial charge < -0.3 is 14.2 Å². The van der Waals surface area contributed by atoms with Gasteiger partial charge in [0.2, 0.25) is 5.95 Å². The van der Waals surface area contributed by atoms with E-state index in [1.807, 2.05) is 18.5 Å². The minimum absolute atomic E-state index is 0.131. The van der Waals surface area contributed by atoms with Gasteiger partial charge in [-0.15, -0.1) is 0 Å². The maximum Gasteiger partial charge on any atom is 0.318 e. The predicted octanol–water partition coefficient (Wildman–Crippen LogP) is 1.79. The fourth-order valence-corrected chi connectivity index (χ4v) is 4.36. The number of nitrogens with zero attached hydrogens (tertiary/aromatic N) is 6. The average Bonchev–Trinajstić information content (AvgIpc) is 3.34. The summed E-state index contributed by atoms with van der Waals surface area (Å²) < 4.78 is 8.19. The first-order chi connectivity index (χ1) is 15.0. The summed E-state index contributed by atoms with van der Waals surface area (Å²) >= 11 is 6.06. The van der Waals surface area contributed by atoms with Crippen LogP contribution in [-0.2, 0) is 11.8 Å². The maximum absolute atomic E-state index is 12.8. The molecule has 5 rings (SSSR count). The minimum Gasteiger partial charge on any atom is -0.373 e. The van der Waals surface area contributed by atoms with E-state index in [-0.39, 0.29) is 6.04 Å². The fourth-order valence-electron chi connectivity index (χ4n) is 4.21. The molecule has 0 bridgehead atoms. The van der Waals surface area contributed by atoms with Gasteiger partial charge in [-0.05, 0) is 24.5 Å². The summed E-state index contributed by atoms with van der Waals surface area (Å²) in [5.41, 5.74) is 1.96. The van der Waals surface area contributed by atoms with Gasteiger partial charge in [0.15, 0.2) is 5.65 Å². The van der Waals surface area contributed by atoms with E-state index in [1.165, 1.54) is 15.3 Å². The summed E-state index contributed by atoms with van der Waals surface area (Å²) in [6, 6.07) is 1.53. The molecule has 0 N–H and O–H groups in total. The van der Waals surface area contributed by atoms with E-state index in [0.717, 1.165) is 11.1 Å². The Morgan fingerprint density at radius 1 is 1.06 bits per heavy atom. The normalized spacial score (nSPS) is 17.4. The fraction of sp³-hybridized carbons (Fsp3) is 0.381. The Balaban J connectivity index is 1.39. The summed E-state index contributed by atoms with van der Waals surface area (Å²) in [5, 5.41) is 0.419. The molecular weight excluding hydrogens is 420 g/mol. The molecule has 1 saturated heterocycles. The minimum atomic E-state index is -0.580. The second-order valence-electron chi connectivity index (χ2n) is 7.77. The maximum atomic E-state index is 12.8. The number of aromatic nitrogens is 5. The number of pyridine rings is 1. The lowest BCUT2D eigenvalue weighted by molar-refractivity contribution is 0.216. The third-order valence-electron chi connectivity index (χ3n) is 5.94. The van der Waals surface area contributed by atoms with Gasteiger partial charge in [0, 0.05) is 50.3 Å². The van der Waals surface area contributed by atoms with Crippen LogP contribution >= 0.6 is 11.6 Å². The first kappa shape index (κ1) is 19.9. The molecule has 9 nitrogen and oxygen atoms in total. The van der Waals surface area contributed by atoms with E-state index in [1.54, 1.807) is 13.1 Å². The van der Waals surface area contributed by atoms with Crippen molar-refractivity contribution in [2.45, 2.75) is 18.9 Å². The molecule has 0 radical (unpaired) electrons. The zero-order valence-electron chi connectivity index (χ0n) is 17.0. The number of anilines is 1. The van der Waals surface area contributed by atoms with Crippen molar-refractivity contribution in [2.24, 2.45) is 7.05 Å². The third kappa shape index (κ3) is 3.53. The Bertz CT molecular complexity index is 1290. The lowest BCUT2D eigenvalue weighted by atomic mass is 10.0.